The summed E-state index contributed by atoms with van der Waals surface area (Å²) in [5.74, 6) is 0.384. The second-order valence-corrected chi connectivity index (χ2v) is 7.91. The molecule has 0 unspecified atom stereocenters. The summed E-state index contributed by atoms with van der Waals surface area (Å²) >= 11 is 1.71. The van der Waals surface area contributed by atoms with Gasteiger partial charge in [0.25, 0.3) is 5.91 Å². The SMILES string of the molecule is CC(C)c1nc(CN2CCC[C@H]([C@]3(C)NC(=O)NC3=O)C2)cs1. The minimum atomic E-state index is -0.791. The molecule has 126 valence electrons. The number of likely N-dealkylation sites (tertiary alicyclic amines) is 1. The van der Waals surface area contributed by atoms with Gasteiger partial charge in [0.1, 0.15) is 5.54 Å². The lowest BCUT2D eigenvalue weighted by molar-refractivity contribution is -0.126. The van der Waals surface area contributed by atoms with Crippen LogP contribution >= 0.6 is 11.3 Å². The number of imide groups is 1. The van der Waals surface area contributed by atoms with Gasteiger partial charge in [0, 0.05) is 30.3 Å². The first kappa shape index (κ1) is 16.4. The van der Waals surface area contributed by atoms with Crippen molar-refractivity contribution in [2.45, 2.75) is 51.6 Å². The van der Waals surface area contributed by atoms with Crippen LogP contribution in [0.25, 0.3) is 0 Å². The molecule has 2 aliphatic rings. The van der Waals surface area contributed by atoms with Gasteiger partial charge in [0.05, 0.1) is 10.7 Å². The molecule has 0 spiro atoms. The van der Waals surface area contributed by atoms with Gasteiger partial charge in [-0.05, 0) is 26.3 Å². The van der Waals surface area contributed by atoms with Crippen molar-refractivity contribution < 1.29 is 9.59 Å². The van der Waals surface area contributed by atoms with Crippen LogP contribution in [0.2, 0.25) is 0 Å². The van der Waals surface area contributed by atoms with E-state index in [2.05, 4.69) is 34.8 Å². The summed E-state index contributed by atoms with van der Waals surface area (Å²) in [5.41, 5.74) is 0.311. The van der Waals surface area contributed by atoms with Crippen LogP contribution in [0.4, 0.5) is 4.79 Å². The van der Waals surface area contributed by atoms with Gasteiger partial charge in [-0.25, -0.2) is 9.78 Å². The van der Waals surface area contributed by atoms with E-state index in [-0.39, 0.29) is 17.9 Å². The molecular formula is C16H24N4O2S. The lowest BCUT2D eigenvalue weighted by Crippen LogP contribution is -2.55. The van der Waals surface area contributed by atoms with Crippen LogP contribution in [0.15, 0.2) is 5.38 Å². The van der Waals surface area contributed by atoms with Gasteiger partial charge in [0.15, 0.2) is 0 Å². The Morgan fingerprint density at radius 1 is 1.48 bits per heavy atom. The number of hydrogen-bond acceptors (Lipinski definition) is 5. The average molecular weight is 336 g/mol. The Morgan fingerprint density at radius 3 is 2.87 bits per heavy atom. The molecule has 0 saturated carbocycles. The van der Waals surface area contributed by atoms with Gasteiger partial charge < -0.3 is 5.32 Å². The number of aromatic nitrogens is 1. The molecule has 2 N–H and O–H groups in total. The fourth-order valence-electron chi connectivity index (χ4n) is 3.40. The second kappa shape index (κ2) is 6.20. The normalized spacial score (nSPS) is 29.0. The predicted octanol–water partition coefficient (Wildman–Crippen LogP) is 2.08. The molecule has 2 fully saturated rings. The van der Waals surface area contributed by atoms with Crippen molar-refractivity contribution in [2.75, 3.05) is 13.1 Å². The quantitative estimate of drug-likeness (QED) is 0.826. The monoisotopic (exact) mass is 336 g/mol. The summed E-state index contributed by atoms with van der Waals surface area (Å²) in [7, 11) is 0. The zero-order chi connectivity index (χ0) is 16.6. The van der Waals surface area contributed by atoms with E-state index in [1.54, 1.807) is 11.3 Å². The van der Waals surface area contributed by atoms with Gasteiger partial charge in [-0.15, -0.1) is 11.3 Å². The molecule has 0 aliphatic carbocycles. The Kier molecular flexibility index (Phi) is 4.42. The van der Waals surface area contributed by atoms with Crippen molar-refractivity contribution in [3.8, 4) is 0 Å². The standard InChI is InChI=1S/C16H24N4O2S/c1-10(2)13-17-12(9-23-13)8-20-6-4-5-11(7-20)16(3)14(21)18-15(22)19-16/h9-11H,4-8H2,1-3H3,(H2,18,19,21,22)/t11-,16-/m0/s1. The predicted molar refractivity (Wildman–Crippen MR) is 89.3 cm³/mol. The molecule has 3 amide bonds. The van der Waals surface area contributed by atoms with E-state index in [1.807, 2.05) is 6.92 Å². The molecule has 1 aromatic rings. The van der Waals surface area contributed by atoms with Gasteiger partial charge in [0.2, 0.25) is 0 Å². The lowest BCUT2D eigenvalue weighted by Gasteiger charge is -2.39. The van der Waals surface area contributed by atoms with Gasteiger partial charge in [-0.1, -0.05) is 13.8 Å². The average Bonchev–Trinajstić information content (AvgIpc) is 3.05. The molecule has 0 radical (unpaired) electrons. The third kappa shape index (κ3) is 3.26. The smallest absolute Gasteiger partial charge is 0.322 e. The minimum Gasteiger partial charge on any atom is -0.323 e. The van der Waals surface area contributed by atoms with Crippen LogP contribution in [-0.2, 0) is 11.3 Å². The maximum atomic E-state index is 12.1. The zero-order valence-corrected chi connectivity index (χ0v) is 14.7. The highest BCUT2D eigenvalue weighted by atomic mass is 32.1. The van der Waals surface area contributed by atoms with E-state index >= 15 is 0 Å². The minimum absolute atomic E-state index is 0.130. The molecular weight excluding hydrogens is 312 g/mol. The molecule has 3 rings (SSSR count). The van der Waals surface area contributed by atoms with Crippen LogP contribution in [0, 0.1) is 5.92 Å². The fraction of sp³-hybridized carbons (Fsp3) is 0.688. The summed E-state index contributed by atoms with van der Waals surface area (Å²) in [6.45, 7) is 8.77. The topological polar surface area (TPSA) is 74.3 Å². The third-order valence-corrected chi connectivity index (χ3v) is 6.04. The van der Waals surface area contributed by atoms with E-state index in [0.717, 1.165) is 38.2 Å². The highest BCUT2D eigenvalue weighted by molar-refractivity contribution is 7.09. The molecule has 1 aromatic heterocycles. The molecule has 6 nitrogen and oxygen atoms in total. The van der Waals surface area contributed by atoms with Crippen LogP contribution in [0.1, 0.15) is 50.2 Å². The van der Waals surface area contributed by atoms with E-state index < -0.39 is 5.54 Å². The lowest BCUT2D eigenvalue weighted by atomic mass is 9.80. The second-order valence-electron chi connectivity index (χ2n) is 7.02. The van der Waals surface area contributed by atoms with Crippen molar-refractivity contribution in [1.82, 2.24) is 20.5 Å². The van der Waals surface area contributed by atoms with E-state index in [0.29, 0.717) is 5.92 Å². The van der Waals surface area contributed by atoms with E-state index in [1.165, 1.54) is 5.01 Å². The van der Waals surface area contributed by atoms with Gasteiger partial charge >= 0.3 is 6.03 Å². The molecule has 2 saturated heterocycles. The number of amides is 3. The van der Waals surface area contributed by atoms with Crippen molar-refractivity contribution >= 4 is 23.3 Å². The van der Waals surface area contributed by atoms with Crippen LogP contribution in [-0.4, -0.2) is 40.5 Å². The summed E-state index contributed by atoms with van der Waals surface area (Å²) in [5, 5.41) is 8.48. The Morgan fingerprint density at radius 2 is 2.26 bits per heavy atom. The fourth-order valence-corrected chi connectivity index (χ4v) is 4.23. The first-order valence-corrected chi connectivity index (χ1v) is 9.06. The maximum Gasteiger partial charge on any atom is 0.322 e. The maximum absolute atomic E-state index is 12.1. The van der Waals surface area contributed by atoms with E-state index in [4.69, 9.17) is 4.98 Å². The molecule has 0 aromatic carbocycles. The van der Waals surface area contributed by atoms with Crippen LogP contribution in [0.3, 0.4) is 0 Å². The number of hydrogen-bond donors (Lipinski definition) is 2. The molecule has 7 heteroatoms. The molecule has 0 bridgehead atoms. The first-order chi connectivity index (χ1) is 10.9. The number of thiazole rings is 1. The molecule has 3 heterocycles. The van der Waals surface area contributed by atoms with Crippen molar-refractivity contribution in [1.29, 1.82) is 0 Å². The summed E-state index contributed by atoms with van der Waals surface area (Å²) < 4.78 is 0. The third-order valence-electron chi connectivity index (χ3n) is 4.84. The highest BCUT2D eigenvalue weighted by Crippen LogP contribution is 2.30. The first-order valence-electron chi connectivity index (χ1n) is 8.18. The molecule has 23 heavy (non-hydrogen) atoms. The Bertz CT molecular complexity index is 615. The Balaban J connectivity index is 1.66. The summed E-state index contributed by atoms with van der Waals surface area (Å²) in [4.78, 5) is 30.7. The van der Waals surface area contributed by atoms with Crippen LogP contribution in [0.5, 0.6) is 0 Å². The largest absolute Gasteiger partial charge is 0.323 e. The number of carbonyl (C=O) groups is 2. The van der Waals surface area contributed by atoms with E-state index in [9.17, 15) is 9.59 Å². The number of urea groups is 1. The zero-order valence-electron chi connectivity index (χ0n) is 13.9. The van der Waals surface area contributed by atoms with Gasteiger partial charge in [-0.2, -0.15) is 0 Å². The summed E-state index contributed by atoms with van der Waals surface area (Å²) in [6.07, 6.45) is 1.99. The van der Waals surface area contributed by atoms with Crippen LogP contribution < -0.4 is 10.6 Å². The molecule has 2 atom stereocenters. The van der Waals surface area contributed by atoms with Crippen molar-refractivity contribution in [2.24, 2.45) is 5.92 Å². The molecule has 2 aliphatic heterocycles. The van der Waals surface area contributed by atoms with Crippen molar-refractivity contribution in [3.05, 3.63) is 16.1 Å². The Hall–Kier alpha value is -1.47. The number of nitrogens with zero attached hydrogens (tertiary/aromatic N) is 2. The Labute approximate surface area is 140 Å². The highest BCUT2D eigenvalue weighted by Gasteiger charge is 2.48. The van der Waals surface area contributed by atoms with Crippen molar-refractivity contribution in [3.63, 3.8) is 0 Å². The number of nitrogens with one attached hydrogen (secondary N) is 2. The summed E-state index contributed by atoms with van der Waals surface area (Å²) in [6, 6.07) is -0.379. The van der Waals surface area contributed by atoms with Gasteiger partial charge in [-0.3, -0.25) is 15.0 Å². The number of piperidine rings is 1. The number of carbonyl (C=O) groups excluding carboxylic acids is 2. The number of rotatable bonds is 4.